The highest BCUT2D eigenvalue weighted by Gasteiger charge is 2.33. The Balaban J connectivity index is 1.35. The molecule has 6 heteroatoms. The summed E-state index contributed by atoms with van der Waals surface area (Å²) in [4.78, 5) is 13.9. The molecule has 1 fully saturated rings. The zero-order chi connectivity index (χ0) is 17.2. The van der Waals surface area contributed by atoms with E-state index in [0.717, 1.165) is 22.4 Å². The molecule has 25 heavy (non-hydrogen) atoms. The fraction of sp³-hybridized carbons (Fsp3) is 0.368. The number of likely N-dealkylation sites (tertiary alicyclic amines) is 1. The maximum absolute atomic E-state index is 14.3. The van der Waals surface area contributed by atoms with Crippen LogP contribution in [0, 0.1) is 6.92 Å². The van der Waals surface area contributed by atoms with Gasteiger partial charge in [-0.05, 0) is 36.2 Å². The summed E-state index contributed by atoms with van der Waals surface area (Å²) >= 11 is 0. The molecule has 1 aliphatic heterocycles. The van der Waals surface area contributed by atoms with Gasteiger partial charge in [0.25, 0.3) is 0 Å². The van der Waals surface area contributed by atoms with Crippen molar-refractivity contribution in [3.05, 3.63) is 59.7 Å². The average molecular weight is 340 g/mol. The van der Waals surface area contributed by atoms with Crippen LogP contribution in [0.3, 0.4) is 0 Å². The third kappa shape index (κ3) is 3.70. The van der Waals surface area contributed by atoms with E-state index in [0.29, 0.717) is 26.2 Å². The molecule has 2 unspecified atom stereocenters. The van der Waals surface area contributed by atoms with Crippen molar-refractivity contribution in [1.29, 1.82) is 0 Å². The summed E-state index contributed by atoms with van der Waals surface area (Å²) in [5, 5.41) is 0. The Morgan fingerprint density at radius 2 is 2.24 bits per heavy atom. The lowest BCUT2D eigenvalue weighted by atomic mass is 10.2. The minimum absolute atomic E-state index is 0.291. The number of benzene rings is 1. The van der Waals surface area contributed by atoms with Crippen LogP contribution in [-0.4, -0.2) is 45.2 Å². The van der Waals surface area contributed by atoms with Gasteiger partial charge in [0.2, 0.25) is 0 Å². The number of nitrogens with zero attached hydrogens (tertiary/aromatic N) is 3. The van der Waals surface area contributed by atoms with Gasteiger partial charge in [0.1, 0.15) is 24.7 Å². The largest absolute Gasteiger partial charge is 0.366 e. The zero-order valence-corrected chi connectivity index (χ0v) is 14.2. The number of nitrogens with one attached hydrogen (secondary N) is 1. The number of pyridine rings is 1. The minimum atomic E-state index is -0.983. The number of hydrogen-bond donors (Lipinski definition) is 1. The maximum Gasteiger partial charge on any atom is 0.140 e. The van der Waals surface area contributed by atoms with Crippen LogP contribution in [0.25, 0.3) is 11.0 Å². The standard InChI is InChI=1S/C19H21FN4O/c1-13-4-5-16-17(7-13)23-19(22-16)12-25-18-11-24(10-15(18)20)9-14-3-2-6-21-8-14/h2-8,15,18H,9-12H2,1H3,(H,22,23). The second kappa shape index (κ2) is 6.90. The van der Waals surface area contributed by atoms with Gasteiger partial charge in [-0.2, -0.15) is 0 Å². The number of aromatic nitrogens is 3. The van der Waals surface area contributed by atoms with Crippen molar-refractivity contribution in [2.24, 2.45) is 0 Å². The number of hydrogen-bond acceptors (Lipinski definition) is 4. The van der Waals surface area contributed by atoms with Crippen molar-refractivity contribution in [1.82, 2.24) is 19.9 Å². The molecule has 1 saturated heterocycles. The van der Waals surface area contributed by atoms with Crippen molar-refractivity contribution in [3.8, 4) is 0 Å². The van der Waals surface area contributed by atoms with Gasteiger partial charge >= 0.3 is 0 Å². The molecule has 2 aromatic heterocycles. The highest BCUT2D eigenvalue weighted by atomic mass is 19.1. The number of halogens is 1. The van der Waals surface area contributed by atoms with Crippen molar-refractivity contribution >= 4 is 11.0 Å². The summed E-state index contributed by atoms with van der Waals surface area (Å²) in [7, 11) is 0. The van der Waals surface area contributed by atoms with Gasteiger partial charge in [0, 0.05) is 32.0 Å². The molecule has 0 saturated carbocycles. The molecule has 3 aromatic rings. The number of aryl methyl sites for hydroxylation is 1. The number of alkyl halides is 1. The molecule has 0 amide bonds. The Labute approximate surface area is 145 Å². The van der Waals surface area contributed by atoms with E-state index in [9.17, 15) is 4.39 Å². The number of aromatic amines is 1. The summed E-state index contributed by atoms with van der Waals surface area (Å²) in [6, 6.07) is 9.96. The first kappa shape index (κ1) is 16.2. The van der Waals surface area contributed by atoms with E-state index < -0.39 is 12.3 Å². The summed E-state index contributed by atoms with van der Waals surface area (Å²) in [5.41, 5.74) is 4.16. The van der Waals surface area contributed by atoms with E-state index >= 15 is 0 Å². The van der Waals surface area contributed by atoms with Crippen molar-refractivity contribution in [2.75, 3.05) is 13.1 Å². The third-order valence-electron chi connectivity index (χ3n) is 4.52. The lowest BCUT2D eigenvalue weighted by Gasteiger charge is -2.15. The van der Waals surface area contributed by atoms with E-state index in [4.69, 9.17) is 4.74 Å². The number of rotatable bonds is 5. The fourth-order valence-electron chi connectivity index (χ4n) is 3.27. The second-order valence-electron chi connectivity index (χ2n) is 6.62. The Morgan fingerprint density at radius 1 is 1.32 bits per heavy atom. The lowest BCUT2D eigenvalue weighted by Crippen LogP contribution is -2.24. The minimum Gasteiger partial charge on any atom is -0.366 e. The maximum atomic E-state index is 14.3. The first-order valence-corrected chi connectivity index (χ1v) is 8.49. The quantitative estimate of drug-likeness (QED) is 0.776. The lowest BCUT2D eigenvalue weighted by molar-refractivity contribution is 0.00863. The number of fused-ring (bicyclic) bond motifs is 1. The normalized spacial score (nSPS) is 21.2. The highest BCUT2D eigenvalue weighted by molar-refractivity contribution is 5.75. The molecule has 4 rings (SSSR count). The van der Waals surface area contributed by atoms with Crippen molar-refractivity contribution < 1.29 is 9.13 Å². The molecule has 130 valence electrons. The summed E-state index contributed by atoms with van der Waals surface area (Å²) in [5.74, 6) is 0.735. The van der Waals surface area contributed by atoms with Gasteiger partial charge in [0.05, 0.1) is 11.0 Å². The predicted octanol–water partition coefficient (Wildman–Crippen LogP) is 3.01. The SMILES string of the molecule is Cc1ccc2nc(COC3CN(Cc4cccnc4)CC3F)[nH]c2c1. The Hall–Kier alpha value is -2.31. The molecular formula is C19H21FN4O. The summed E-state index contributed by atoms with van der Waals surface area (Å²) in [6.45, 7) is 3.99. The van der Waals surface area contributed by atoms with E-state index in [1.807, 2.05) is 37.4 Å². The second-order valence-corrected chi connectivity index (χ2v) is 6.62. The van der Waals surface area contributed by atoms with Crippen LogP contribution < -0.4 is 0 Å². The number of imidazole rings is 1. The van der Waals surface area contributed by atoms with Crippen molar-refractivity contribution in [2.45, 2.75) is 32.4 Å². The average Bonchev–Trinajstić information content (AvgIpc) is 3.16. The monoisotopic (exact) mass is 340 g/mol. The molecule has 1 aromatic carbocycles. The Morgan fingerprint density at radius 3 is 3.08 bits per heavy atom. The molecule has 1 N–H and O–H groups in total. The summed E-state index contributed by atoms with van der Waals surface area (Å²) in [6.07, 6.45) is 2.15. The topological polar surface area (TPSA) is 54.0 Å². The summed E-state index contributed by atoms with van der Waals surface area (Å²) < 4.78 is 20.1. The molecule has 5 nitrogen and oxygen atoms in total. The van der Waals surface area contributed by atoms with E-state index in [1.54, 1.807) is 6.20 Å². The van der Waals surface area contributed by atoms with Crippen molar-refractivity contribution in [3.63, 3.8) is 0 Å². The Bertz CT molecular complexity index is 851. The fourth-order valence-corrected chi connectivity index (χ4v) is 3.27. The Kier molecular flexibility index (Phi) is 4.46. The molecule has 3 heterocycles. The van der Waals surface area contributed by atoms with Crippen LogP contribution in [0.4, 0.5) is 4.39 Å². The first-order chi connectivity index (χ1) is 12.2. The van der Waals surface area contributed by atoms with Gasteiger partial charge < -0.3 is 9.72 Å². The van der Waals surface area contributed by atoms with Crippen LogP contribution in [0.2, 0.25) is 0 Å². The number of H-pyrrole nitrogens is 1. The molecule has 1 aliphatic rings. The van der Waals surface area contributed by atoms with Crippen LogP contribution in [0.1, 0.15) is 17.0 Å². The van der Waals surface area contributed by atoms with Gasteiger partial charge in [0.15, 0.2) is 0 Å². The number of ether oxygens (including phenoxy) is 1. The molecule has 0 bridgehead atoms. The van der Waals surface area contributed by atoms with E-state index in [-0.39, 0.29) is 0 Å². The smallest absolute Gasteiger partial charge is 0.140 e. The third-order valence-corrected chi connectivity index (χ3v) is 4.52. The van der Waals surface area contributed by atoms with Gasteiger partial charge in [-0.3, -0.25) is 9.88 Å². The zero-order valence-electron chi connectivity index (χ0n) is 14.2. The molecular weight excluding hydrogens is 319 g/mol. The molecule has 2 atom stereocenters. The van der Waals surface area contributed by atoms with Gasteiger partial charge in [-0.1, -0.05) is 12.1 Å². The van der Waals surface area contributed by atoms with Crippen LogP contribution >= 0.6 is 0 Å². The predicted molar refractivity (Wildman–Crippen MR) is 93.8 cm³/mol. The van der Waals surface area contributed by atoms with E-state index in [2.05, 4.69) is 25.9 Å². The first-order valence-electron chi connectivity index (χ1n) is 8.49. The molecule has 0 aliphatic carbocycles. The molecule has 0 radical (unpaired) electrons. The molecule has 0 spiro atoms. The van der Waals surface area contributed by atoms with Crippen LogP contribution in [-0.2, 0) is 17.9 Å². The van der Waals surface area contributed by atoms with Crippen LogP contribution in [0.5, 0.6) is 0 Å². The van der Waals surface area contributed by atoms with Gasteiger partial charge in [-0.25, -0.2) is 9.37 Å². The van der Waals surface area contributed by atoms with Crippen LogP contribution in [0.15, 0.2) is 42.7 Å². The highest BCUT2D eigenvalue weighted by Crippen LogP contribution is 2.21. The van der Waals surface area contributed by atoms with E-state index in [1.165, 1.54) is 5.56 Å². The van der Waals surface area contributed by atoms with Gasteiger partial charge in [-0.15, -0.1) is 0 Å².